The molecule has 5 nitrogen and oxygen atoms in total. The Hall–Kier alpha value is -2.10. The van der Waals surface area contributed by atoms with Gasteiger partial charge in [0.25, 0.3) is 6.43 Å². The number of nitrogens with zero attached hydrogens (tertiary/aromatic N) is 1. The first-order valence-corrected chi connectivity index (χ1v) is 8.83. The number of aliphatic imine (C=N–C) groups is 1. The molecule has 2 aromatic carbocycles. The van der Waals surface area contributed by atoms with Gasteiger partial charge in [-0.2, -0.15) is 0 Å². The first-order chi connectivity index (χ1) is 13.1. The summed E-state index contributed by atoms with van der Waals surface area (Å²) in [6.45, 7) is 0.521. The molecule has 0 saturated heterocycles. The molecule has 0 saturated carbocycles. The SMILES string of the molecule is CN=C(NCc1cccc(OCC(F)F)c1)NCC1Cc2ccccc2O1.I. The molecular formula is C20H24F2IN3O2. The molecule has 0 radical (unpaired) electrons. The normalized spacial score (nSPS) is 15.4. The molecule has 0 bridgehead atoms. The van der Waals surface area contributed by atoms with Crippen LogP contribution in [-0.4, -0.2) is 38.7 Å². The number of guanidine groups is 1. The fraction of sp³-hybridized carbons (Fsp3) is 0.350. The van der Waals surface area contributed by atoms with Crippen molar-refractivity contribution in [2.24, 2.45) is 4.99 Å². The monoisotopic (exact) mass is 503 g/mol. The van der Waals surface area contributed by atoms with E-state index in [0.29, 0.717) is 24.8 Å². The Morgan fingerprint density at radius 2 is 2.04 bits per heavy atom. The van der Waals surface area contributed by atoms with Gasteiger partial charge in [-0.1, -0.05) is 30.3 Å². The third-order valence-corrected chi connectivity index (χ3v) is 4.17. The predicted octanol–water partition coefficient (Wildman–Crippen LogP) is 3.62. The molecule has 0 aliphatic carbocycles. The van der Waals surface area contributed by atoms with E-state index in [1.807, 2.05) is 24.3 Å². The summed E-state index contributed by atoms with van der Waals surface area (Å²) in [5.74, 6) is 2.01. The van der Waals surface area contributed by atoms with Gasteiger partial charge in [-0.05, 0) is 29.3 Å². The van der Waals surface area contributed by atoms with Gasteiger partial charge in [0.1, 0.15) is 24.2 Å². The molecule has 2 aromatic rings. The lowest BCUT2D eigenvalue weighted by Crippen LogP contribution is -2.41. The van der Waals surface area contributed by atoms with Gasteiger partial charge in [-0.25, -0.2) is 8.78 Å². The number of ether oxygens (including phenoxy) is 2. The molecule has 0 fully saturated rings. The quantitative estimate of drug-likeness (QED) is 0.345. The Kier molecular flexibility index (Phi) is 8.75. The molecule has 1 unspecified atom stereocenters. The summed E-state index contributed by atoms with van der Waals surface area (Å²) < 4.78 is 35.4. The maximum atomic E-state index is 12.2. The number of para-hydroxylation sites is 1. The summed E-state index contributed by atoms with van der Waals surface area (Å²) in [5.41, 5.74) is 2.13. The van der Waals surface area contributed by atoms with Crippen LogP contribution >= 0.6 is 24.0 Å². The second-order valence-corrected chi connectivity index (χ2v) is 6.21. The molecule has 0 amide bonds. The van der Waals surface area contributed by atoms with E-state index < -0.39 is 13.0 Å². The molecule has 0 spiro atoms. The Morgan fingerprint density at radius 1 is 1.21 bits per heavy atom. The largest absolute Gasteiger partial charge is 0.488 e. The second-order valence-electron chi connectivity index (χ2n) is 6.21. The summed E-state index contributed by atoms with van der Waals surface area (Å²) in [5, 5.41) is 6.46. The first kappa shape index (κ1) is 22.2. The molecule has 1 atom stereocenters. The van der Waals surface area contributed by atoms with Crippen molar-refractivity contribution in [3.05, 3.63) is 59.7 Å². The molecule has 28 heavy (non-hydrogen) atoms. The van der Waals surface area contributed by atoms with Gasteiger partial charge in [-0.3, -0.25) is 4.99 Å². The van der Waals surface area contributed by atoms with Gasteiger partial charge >= 0.3 is 0 Å². The van der Waals surface area contributed by atoms with Crippen molar-refractivity contribution in [1.82, 2.24) is 10.6 Å². The minimum atomic E-state index is -2.49. The van der Waals surface area contributed by atoms with Crippen LogP contribution in [0.15, 0.2) is 53.5 Å². The average Bonchev–Trinajstić information content (AvgIpc) is 3.10. The average molecular weight is 503 g/mol. The van der Waals surface area contributed by atoms with Crippen molar-refractivity contribution in [2.45, 2.75) is 25.5 Å². The van der Waals surface area contributed by atoms with Gasteiger partial charge in [0.05, 0.1) is 6.54 Å². The molecule has 1 heterocycles. The van der Waals surface area contributed by atoms with E-state index in [1.54, 1.807) is 25.2 Å². The Morgan fingerprint density at radius 3 is 2.79 bits per heavy atom. The molecule has 0 aromatic heterocycles. The van der Waals surface area contributed by atoms with Crippen molar-refractivity contribution >= 4 is 29.9 Å². The van der Waals surface area contributed by atoms with Gasteiger partial charge in [-0.15, -0.1) is 24.0 Å². The van der Waals surface area contributed by atoms with Gasteiger partial charge in [0.2, 0.25) is 0 Å². The molecule has 2 N–H and O–H groups in total. The number of fused-ring (bicyclic) bond motifs is 1. The van der Waals surface area contributed by atoms with Crippen molar-refractivity contribution in [3.8, 4) is 11.5 Å². The van der Waals surface area contributed by atoms with Crippen molar-refractivity contribution in [3.63, 3.8) is 0 Å². The van der Waals surface area contributed by atoms with Crippen molar-refractivity contribution in [2.75, 3.05) is 20.2 Å². The lowest BCUT2D eigenvalue weighted by molar-refractivity contribution is 0.0818. The highest BCUT2D eigenvalue weighted by Gasteiger charge is 2.22. The molecule has 8 heteroatoms. The zero-order chi connectivity index (χ0) is 19.1. The van der Waals surface area contributed by atoms with Crippen molar-refractivity contribution < 1.29 is 18.3 Å². The van der Waals surface area contributed by atoms with Gasteiger partial charge < -0.3 is 20.1 Å². The minimum absolute atomic E-state index is 0. The van der Waals surface area contributed by atoms with Crippen LogP contribution in [0.5, 0.6) is 11.5 Å². The highest BCUT2D eigenvalue weighted by atomic mass is 127. The summed E-state index contributed by atoms with van der Waals surface area (Å²) in [7, 11) is 1.70. The lowest BCUT2D eigenvalue weighted by atomic mass is 10.1. The lowest BCUT2D eigenvalue weighted by Gasteiger charge is -2.16. The number of hydrogen-bond donors (Lipinski definition) is 2. The Labute approximate surface area is 180 Å². The maximum Gasteiger partial charge on any atom is 0.272 e. The fourth-order valence-electron chi connectivity index (χ4n) is 2.89. The van der Waals surface area contributed by atoms with E-state index in [2.05, 4.69) is 21.7 Å². The van der Waals surface area contributed by atoms with Crippen LogP contribution < -0.4 is 20.1 Å². The van der Waals surface area contributed by atoms with Crippen LogP contribution in [0.2, 0.25) is 0 Å². The van der Waals surface area contributed by atoms with Crippen molar-refractivity contribution in [1.29, 1.82) is 0 Å². The van der Waals surface area contributed by atoms with Gasteiger partial charge in [0, 0.05) is 20.0 Å². The number of rotatable bonds is 7. The number of halogens is 3. The number of nitrogens with one attached hydrogen (secondary N) is 2. The van der Waals surface area contributed by atoms with Crippen LogP contribution in [0.3, 0.4) is 0 Å². The molecule has 3 rings (SSSR count). The van der Waals surface area contributed by atoms with E-state index >= 15 is 0 Å². The van der Waals surface area contributed by atoms with Crippen LogP contribution in [-0.2, 0) is 13.0 Å². The standard InChI is InChI=1S/C20H23F2N3O2.HI/c1-23-20(25-12-17-10-15-6-2-3-8-18(15)27-17)24-11-14-5-4-7-16(9-14)26-13-19(21)22;/h2-9,17,19H,10-13H2,1H3,(H2,23,24,25);1H. The molecule has 1 aliphatic rings. The number of hydrogen-bond acceptors (Lipinski definition) is 3. The molecular weight excluding hydrogens is 479 g/mol. The third kappa shape index (κ3) is 6.50. The third-order valence-electron chi connectivity index (χ3n) is 4.17. The summed E-state index contributed by atoms with van der Waals surface area (Å²) in [6, 6.07) is 15.1. The van der Waals surface area contributed by atoms with Crippen LogP contribution in [0.1, 0.15) is 11.1 Å². The van der Waals surface area contributed by atoms with Crippen LogP contribution in [0.4, 0.5) is 8.78 Å². The molecule has 152 valence electrons. The smallest absolute Gasteiger partial charge is 0.272 e. The van der Waals surface area contributed by atoms with Crippen LogP contribution in [0, 0.1) is 0 Å². The van der Waals surface area contributed by atoms with Gasteiger partial charge in [0.15, 0.2) is 5.96 Å². The summed E-state index contributed by atoms with van der Waals surface area (Å²) in [4.78, 5) is 4.20. The minimum Gasteiger partial charge on any atom is -0.488 e. The van der Waals surface area contributed by atoms with E-state index in [-0.39, 0.29) is 30.1 Å². The van der Waals surface area contributed by atoms with E-state index in [0.717, 1.165) is 17.7 Å². The second kappa shape index (κ2) is 11.0. The summed E-state index contributed by atoms with van der Waals surface area (Å²) in [6.07, 6.45) is -1.56. The Balaban J connectivity index is 0.00000280. The number of benzene rings is 2. The molecule has 1 aliphatic heterocycles. The van der Waals surface area contributed by atoms with E-state index in [1.165, 1.54) is 5.56 Å². The zero-order valence-electron chi connectivity index (χ0n) is 15.5. The highest BCUT2D eigenvalue weighted by Crippen LogP contribution is 2.27. The van der Waals surface area contributed by atoms with Crippen LogP contribution in [0.25, 0.3) is 0 Å². The van der Waals surface area contributed by atoms with E-state index in [9.17, 15) is 8.78 Å². The predicted molar refractivity (Wildman–Crippen MR) is 116 cm³/mol. The fourth-order valence-corrected chi connectivity index (χ4v) is 2.89. The topological polar surface area (TPSA) is 54.9 Å². The Bertz CT molecular complexity index is 765. The zero-order valence-corrected chi connectivity index (χ0v) is 17.9. The number of alkyl halides is 2. The summed E-state index contributed by atoms with van der Waals surface area (Å²) >= 11 is 0. The van der Waals surface area contributed by atoms with E-state index in [4.69, 9.17) is 9.47 Å². The maximum absolute atomic E-state index is 12.2. The first-order valence-electron chi connectivity index (χ1n) is 8.83. The highest BCUT2D eigenvalue weighted by molar-refractivity contribution is 14.0.